The smallest absolute Gasteiger partial charge is 0.182 e. The Hall–Kier alpha value is -1.43. The van der Waals surface area contributed by atoms with E-state index in [0.29, 0.717) is 15.7 Å². The summed E-state index contributed by atoms with van der Waals surface area (Å²) in [5.74, 6) is -2.18. The van der Waals surface area contributed by atoms with Gasteiger partial charge in [0.25, 0.3) is 0 Å². The number of benzene rings is 2. The van der Waals surface area contributed by atoms with E-state index in [1.54, 1.807) is 0 Å². The number of nitrogens with two attached hydrogens (primary N) is 1. The van der Waals surface area contributed by atoms with E-state index in [0.717, 1.165) is 0 Å². The largest absolute Gasteiger partial charge is 0.389 e. The minimum atomic E-state index is -1.10. The maximum absolute atomic E-state index is 13.9. The van der Waals surface area contributed by atoms with Crippen LogP contribution in [0.5, 0.6) is 0 Å². The van der Waals surface area contributed by atoms with Crippen molar-refractivity contribution in [3.8, 4) is 0 Å². The van der Waals surface area contributed by atoms with Crippen LogP contribution in [0.2, 0.25) is 10.0 Å². The standard InChI is InChI=1S/C13H8Cl2F2N2S/c14-6-3-7(15)5-8(4-6)19-10-2-1-9(13(18)20)11(16)12(10)17/h1-5,19H,(H2,18,20). The van der Waals surface area contributed by atoms with Crippen molar-refractivity contribution in [2.45, 2.75) is 0 Å². The number of nitrogens with one attached hydrogen (secondary N) is 1. The maximum Gasteiger partial charge on any atom is 0.182 e. The van der Waals surface area contributed by atoms with E-state index in [4.69, 9.17) is 28.9 Å². The van der Waals surface area contributed by atoms with Gasteiger partial charge in [-0.3, -0.25) is 0 Å². The van der Waals surface area contributed by atoms with Crippen LogP contribution in [0.1, 0.15) is 5.56 Å². The van der Waals surface area contributed by atoms with Crippen molar-refractivity contribution in [3.63, 3.8) is 0 Å². The highest BCUT2D eigenvalue weighted by Crippen LogP contribution is 2.28. The van der Waals surface area contributed by atoms with Crippen LogP contribution < -0.4 is 11.1 Å². The zero-order chi connectivity index (χ0) is 14.9. The third-order valence-electron chi connectivity index (χ3n) is 2.49. The molecule has 0 aromatic heterocycles. The summed E-state index contributed by atoms with van der Waals surface area (Å²) in [6, 6.07) is 7.23. The number of hydrogen-bond donors (Lipinski definition) is 2. The van der Waals surface area contributed by atoms with E-state index in [1.165, 1.54) is 30.3 Å². The molecule has 0 spiro atoms. The predicted molar refractivity (Wildman–Crippen MR) is 82.0 cm³/mol. The lowest BCUT2D eigenvalue weighted by atomic mass is 10.1. The number of rotatable bonds is 3. The van der Waals surface area contributed by atoms with E-state index < -0.39 is 11.6 Å². The summed E-state index contributed by atoms with van der Waals surface area (Å²) in [6.07, 6.45) is 0. The molecule has 0 bridgehead atoms. The normalized spacial score (nSPS) is 10.4. The second-order valence-corrected chi connectivity index (χ2v) is 5.25. The van der Waals surface area contributed by atoms with Gasteiger partial charge in [-0.15, -0.1) is 0 Å². The Kier molecular flexibility index (Phi) is 4.42. The molecule has 2 nitrogen and oxygen atoms in total. The Morgan fingerprint density at radius 1 is 1.05 bits per heavy atom. The van der Waals surface area contributed by atoms with Crippen LogP contribution in [0.25, 0.3) is 0 Å². The van der Waals surface area contributed by atoms with Crippen LogP contribution in [-0.4, -0.2) is 4.99 Å². The first-order valence-corrected chi connectivity index (χ1v) is 6.56. The molecule has 0 saturated heterocycles. The van der Waals surface area contributed by atoms with Crippen LogP contribution in [0.3, 0.4) is 0 Å². The summed E-state index contributed by atoms with van der Waals surface area (Å²) in [6.45, 7) is 0. The molecule has 0 fully saturated rings. The third-order valence-corrected chi connectivity index (χ3v) is 3.15. The summed E-state index contributed by atoms with van der Waals surface area (Å²) in [5, 5.41) is 3.44. The summed E-state index contributed by atoms with van der Waals surface area (Å²) in [5.41, 5.74) is 5.51. The van der Waals surface area contributed by atoms with Crippen molar-refractivity contribution in [2.75, 3.05) is 5.32 Å². The van der Waals surface area contributed by atoms with Crippen molar-refractivity contribution < 1.29 is 8.78 Å². The first-order chi connectivity index (χ1) is 9.38. The molecule has 0 aliphatic carbocycles. The first-order valence-electron chi connectivity index (χ1n) is 5.39. The molecule has 2 aromatic carbocycles. The second-order valence-electron chi connectivity index (χ2n) is 3.94. The van der Waals surface area contributed by atoms with Gasteiger partial charge in [-0.05, 0) is 30.3 Å². The zero-order valence-corrected chi connectivity index (χ0v) is 12.2. The molecular formula is C13H8Cl2F2N2S. The number of hydrogen-bond acceptors (Lipinski definition) is 2. The molecular weight excluding hydrogens is 325 g/mol. The van der Waals surface area contributed by atoms with Crippen molar-refractivity contribution >= 4 is 51.8 Å². The lowest BCUT2D eigenvalue weighted by Crippen LogP contribution is -2.13. The van der Waals surface area contributed by atoms with E-state index in [-0.39, 0.29) is 16.2 Å². The molecule has 0 radical (unpaired) electrons. The lowest BCUT2D eigenvalue weighted by molar-refractivity contribution is 0.510. The molecule has 0 aliphatic heterocycles. The van der Waals surface area contributed by atoms with Gasteiger partial charge in [0.1, 0.15) is 4.99 Å². The molecule has 0 amide bonds. The lowest BCUT2D eigenvalue weighted by Gasteiger charge is -2.11. The Morgan fingerprint density at radius 2 is 1.65 bits per heavy atom. The fraction of sp³-hybridized carbons (Fsp3) is 0. The summed E-state index contributed by atoms with van der Waals surface area (Å²) in [7, 11) is 0. The molecule has 0 unspecified atom stereocenters. The van der Waals surface area contributed by atoms with Gasteiger partial charge in [0.05, 0.1) is 5.69 Å². The molecule has 104 valence electrons. The third kappa shape index (κ3) is 3.17. The summed E-state index contributed by atoms with van der Waals surface area (Å²) < 4.78 is 27.6. The fourth-order valence-electron chi connectivity index (χ4n) is 1.62. The van der Waals surface area contributed by atoms with Crippen LogP contribution >= 0.6 is 35.4 Å². The van der Waals surface area contributed by atoms with Gasteiger partial charge in [0.15, 0.2) is 11.6 Å². The number of anilines is 2. The summed E-state index contributed by atoms with van der Waals surface area (Å²) in [4.78, 5) is -0.209. The monoisotopic (exact) mass is 332 g/mol. The Labute approximate surface area is 129 Å². The van der Waals surface area contributed by atoms with Crippen molar-refractivity contribution in [1.29, 1.82) is 0 Å². The minimum absolute atomic E-state index is 0.0687. The second kappa shape index (κ2) is 5.91. The van der Waals surface area contributed by atoms with Crippen molar-refractivity contribution in [1.82, 2.24) is 0 Å². The van der Waals surface area contributed by atoms with E-state index in [1.807, 2.05) is 0 Å². The van der Waals surface area contributed by atoms with Gasteiger partial charge in [-0.25, -0.2) is 8.78 Å². The SMILES string of the molecule is NC(=S)c1ccc(Nc2cc(Cl)cc(Cl)c2)c(F)c1F. The van der Waals surface area contributed by atoms with Gasteiger partial charge in [-0.2, -0.15) is 0 Å². The minimum Gasteiger partial charge on any atom is -0.389 e. The first kappa shape index (κ1) is 15.0. The molecule has 3 N–H and O–H groups in total. The zero-order valence-electron chi connectivity index (χ0n) is 9.88. The van der Waals surface area contributed by atoms with Crippen molar-refractivity contribution in [3.05, 3.63) is 57.6 Å². The van der Waals surface area contributed by atoms with Crippen LogP contribution in [0.4, 0.5) is 20.2 Å². The average molecular weight is 333 g/mol. The Bertz CT molecular complexity index is 672. The average Bonchev–Trinajstić information content (AvgIpc) is 2.33. The predicted octanol–water partition coefficient (Wildman–Crippen LogP) is 4.65. The van der Waals surface area contributed by atoms with E-state index >= 15 is 0 Å². The number of thiocarbonyl (C=S) groups is 1. The molecule has 0 heterocycles. The highest BCUT2D eigenvalue weighted by molar-refractivity contribution is 7.80. The summed E-state index contributed by atoms with van der Waals surface area (Å²) >= 11 is 16.3. The van der Waals surface area contributed by atoms with Crippen LogP contribution in [0, 0.1) is 11.6 Å². The van der Waals surface area contributed by atoms with E-state index in [9.17, 15) is 8.78 Å². The van der Waals surface area contributed by atoms with Gasteiger partial charge in [0.2, 0.25) is 0 Å². The van der Waals surface area contributed by atoms with Gasteiger partial charge < -0.3 is 11.1 Å². The van der Waals surface area contributed by atoms with Crippen LogP contribution in [-0.2, 0) is 0 Å². The molecule has 0 atom stereocenters. The van der Waals surface area contributed by atoms with Crippen molar-refractivity contribution in [2.24, 2.45) is 5.73 Å². The molecule has 20 heavy (non-hydrogen) atoms. The molecule has 0 aliphatic rings. The van der Waals surface area contributed by atoms with Gasteiger partial charge >= 0.3 is 0 Å². The van der Waals surface area contributed by atoms with Gasteiger partial charge in [0, 0.05) is 21.3 Å². The Balaban J connectivity index is 2.39. The number of halogens is 4. The fourth-order valence-corrected chi connectivity index (χ4v) is 2.30. The molecule has 2 rings (SSSR count). The maximum atomic E-state index is 13.9. The molecule has 7 heteroatoms. The van der Waals surface area contributed by atoms with Crippen LogP contribution in [0.15, 0.2) is 30.3 Å². The Morgan fingerprint density at radius 3 is 2.20 bits per heavy atom. The highest BCUT2D eigenvalue weighted by atomic mass is 35.5. The van der Waals surface area contributed by atoms with E-state index in [2.05, 4.69) is 17.5 Å². The van der Waals surface area contributed by atoms with Gasteiger partial charge in [-0.1, -0.05) is 35.4 Å². The molecule has 2 aromatic rings. The quantitative estimate of drug-likeness (QED) is 0.803. The highest BCUT2D eigenvalue weighted by Gasteiger charge is 2.15. The molecule has 0 saturated carbocycles. The topological polar surface area (TPSA) is 38.0 Å².